The zero-order valence-corrected chi connectivity index (χ0v) is 22.6. The van der Waals surface area contributed by atoms with Crippen molar-refractivity contribution in [2.45, 2.75) is 127 Å². The van der Waals surface area contributed by atoms with E-state index in [-0.39, 0.29) is 6.61 Å². The first kappa shape index (κ1) is 33.2. The van der Waals surface area contributed by atoms with Gasteiger partial charge in [-0.3, -0.25) is 4.79 Å². The van der Waals surface area contributed by atoms with E-state index in [0.717, 1.165) is 32.1 Å². The van der Waals surface area contributed by atoms with E-state index >= 15 is 0 Å². The molecule has 0 aromatic heterocycles. The molecule has 2 fully saturated rings. The van der Waals surface area contributed by atoms with E-state index in [9.17, 15) is 35.4 Å². The molecule has 224 valence electrons. The molecule has 2 aliphatic heterocycles. The Morgan fingerprint density at radius 3 is 2.24 bits per heavy atom. The third-order valence-electron chi connectivity index (χ3n) is 6.77. The highest BCUT2D eigenvalue weighted by Gasteiger charge is 2.52. The van der Waals surface area contributed by atoms with Crippen LogP contribution in [0.4, 0.5) is 0 Å². The molecular formula is C25H47NO12. The minimum Gasteiger partial charge on any atom is -0.394 e. The molecule has 2 rings (SSSR count). The Morgan fingerprint density at radius 2 is 1.61 bits per heavy atom. The standard InChI is InChI=1S/C25H47NO12/c1-4-5-6-7-8-9-10-34-24-18(26-15(3)29)23(22(17(12-28)37-24)35-13-16(30)11-27)38-25-21(33)20(32)19(31)14(2)36-25/h14,16-25,27-28,30-33H,4-13H2,1-3H3,(H,26,29)/t14-,16-,17+,18+,19+,20+,21-,22+,23+,24-,25-/m0/s1. The number of aliphatic hydroxyl groups excluding tert-OH is 6. The zero-order valence-electron chi connectivity index (χ0n) is 22.6. The summed E-state index contributed by atoms with van der Waals surface area (Å²) in [5.41, 5.74) is 0. The number of carbonyl (C=O) groups is 1. The number of unbranched alkanes of at least 4 members (excludes halogenated alkanes) is 5. The molecule has 38 heavy (non-hydrogen) atoms. The Kier molecular flexibility index (Phi) is 14.9. The van der Waals surface area contributed by atoms with Gasteiger partial charge >= 0.3 is 0 Å². The monoisotopic (exact) mass is 553 g/mol. The van der Waals surface area contributed by atoms with E-state index in [4.69, 9.17) is 23.7 Å². The van der Waals surface area contributed by atoms with E-state index in [1.54, 1.807) is 0 Å². The fourth-order valence-electron chi connectivity index (χ4n) is 4.58. The predicted molar refractivity (Wildman–Crippen MR) is 133 cm³/mol. The highest BCUT2D eigenvalue weighted by Crippen LogP contribution is 2.31. The van der Waals surface area contributed by atoms with Gasteiger partial charge in [0.25, 0.3) is 0 Å². The molecule has 0 aromatic carbocycles. The predicted octanol–water partition coefficient (Wildman–Crippen LogP) is -1.46. The van der Waals surface area contributed by atoms with Gasteiger partial charge in [-0.1, -0.05) is 39.0 Å². The highest BCUT2D eigenvalue weighted by molar-refractivity contribution is 5.73. The van der Waals surface area contributed by atoms with Crippen LogP contribution in [0.2, 0.25) is 0 Å². The number of rotatable bonds is 16. The molecule has 0 bridgehead atoms. The summed E-state index contributed by atoms with van der Waals surface area (Å²) in [6.45, 7) is 3.80. The van der Waals surface area contributed by atoms with Crippen LogP contribution in [-0.2, 0) is 28.5 Å². The number of amides is 1. The van der Waals surface area contributed by atoms with Gasteiger partial charge in [0.1, 0.15) is 48.8 Å². The quantitative estimate of drug-likeness (QED) is 0.110. The van der Waals surface area contributed by atoms with Gasteiger partial charge in [0.15, 0.2) is 12.6 Å². The molecular weight excluding hydrogens is 506 g/mol. The van der Waals surface area contributed by atoms with E-state index in [1.165, 1.54) is 20.3 Å². The lowest BCUT2D eigenvalue weighted by Crippen LogP contribution is -2.68. The summed E-state index contributed by atoms with van der Waals surface area (Å²) in [6.07, 6.45) is -6.25. The largest absolute Gasteiger partial charge is 0.394 e. The Morgan fingerprint density at radius 1 is 0.921 bits per heavy atom. The maximum atomic E-state index is 12.2. The Bertz CT molecular complexity index is 672. The summed E-state index contributed by atoms with van der Waals surface area (Å²) in [7, 11) is 0. The fourth-order valence-corrected chi connectivity index (χ4v) is 4.58. The van der Waals surface area contributed by atoms with Crippen molar-refractivity contribution in [2.24, 2.45) is 0 Å². The van der Waals surface area contributed by atoms with Gasteiger partial charge in [0, 0.05) is 13.5 Å². The lowest BCUT2D eigenvalue weighted by atomic mass is 9.95. The van der Waals surface area contributed by atoms with Crippen molar-refractivity contribution in [3.63, 3.8) is 0 Å². The van der Waals surface area contributed by atoms with Crippen LogP contribution in [-0.4, -0.2) is 130 Å². The Hall–Kier alpha value is -0.970. The summed E-state index contributed by atoms with van der Waals surface area (Å²) in [4.78, 5) is 12.2. The SMILES string of the molecule is CCCCCCCCO[C@H]1O[C@H](CO)[C@@H](OC[C@@H](O)CO)[C@H](O[C@@H]2O[C@@H](C)[C@@H](O)[C@@H](O)[C@@H]2O)[C@H]1NC(C)=O. The van der Waals surface area contributed by atoms with Gasteiger partial charge in [-0.15, -0.1) is 0 Å². The lowest BCUT2D eigenvalue weighted by molar-refractivity contribution is -0.345. The molecule has 13 heteroatoms. The summed E-state index contributed by atoms with van der Waals surface area (Å²) in [5.74, 6) is -0.439. The Balaban J connectivity index is 2.25. The van der Waals surface area contributed by atoms with Crippen LogP contribution in [0.25, 0.3) is 0 Å². The number of nitrogens with one attached hydrogen (secondary N) is 1. The van der Waals surface area contributed by atoms with Gasteiger partial charge in [-0.05, 0) is 13.3 Å². The molecule has 0 spiro atoms. The summed E-state index contributed by atoms with van der Waals surface area (Å²) in [6, 6.07) is -0.998. The van der Waals surface area contributed by atoms with Crippen molar-refractivity contribution < 1.29 is 59.1 Å². The Labute approximate surface area is 224 Å². The van der Waals surface area contributed by atoms with Crippen molar-refractivity contribution in [1.82, 2.24) is 5.32 Å². The minimum absolute atomic E-state index is 0.316. The molecule has 0 unspecified atom stereocenters. The van der Waals surface area contributed by atoms with Gasteiger partial charge in [-0.2, -0.15) is 0 Å². The number of hydrogen-bond acceptors (Lipinski definition) is 12. The molecule has 1 amide bonds. The molecule has 0 aliphatic carbocycles. The van der Waals surface area contributed by atoms with Crippen LogP contribution in [0, 0.1) is 0 Å². The number of carbonyl (C=O) groups excluding carboxylic acids is 1. The molecule has 11 atom stereocenters. The van der Waals surface area contributed by atoms with Crippen LogP contribution in [0.3, 0.4) is 0 Å². The fraction of sp³-hybridized carbons (Fsp3) is 0.960. The molecule has 2 heterocycles. The van der Waals surface area contributed by atoms with Crippen LogP contribution < -0.4 is 5.32 Å². The topological polar surface area (TPSA) is 197 Å². The van der Waals surface area contributed by atoms with Crippen LogP contribution >= 0.6 is 0 Å². The van der Waals surface area contributed by atoms with Gasteiger partial charge in [0.05, 0.1) is 25.9 Å². The molecule has 0 saturated carbocycles. The second-order valence-electron chi connectivity index (χ2n) is 10.0. The van der Waals surface area contributed by atoms with E-state index in [2.05, 4.69) is 12.2 Å². The van der Waals surface area contributed by atoms with Crippen molar-refractivity contribution in [2.75, 3.05) is 26.4 Å². The first-order chi connectivity index (χ1) is 18.1. The molecule has 2 aliphatic rings. The molecule has 2 saturated heterocycles. The van der Waals surface area contributed by atoms with Gasteiger partial charge < -0.3 is 59.6 Å². The average Bonchev–Trinajstić information content (AvgIpc) is 2.89. The van der Waals surface area contributed by atoms with Crippen LogP contribution in [0.15, 0.2) is 0 Å². The third-order valence-corrected chi connectivity index (χ3v) is 6.77. The van der Waals surface area contributed by atoms with Crippen molar-refractivity contribution in [3.8, 4) is 0 Å². The number of hydrogen-bond donors (Lipinski definition) is 7. The molecule has 0 aromatic rings. The zero-order chi connectivity index (χ0) is 28.2. The summed E-state index contributed by atoms with van der Waals surface area (Å²) >= 11 is 0. The maximum Gasteiger partial charge on any atom is 0.217 e. The molecule has 0 radical (unpaired) electrons. The lowest BCUT2D eigenvalue weighted by Gasteiger charge is -2.48. The normalized spacial score (nSPS) is 36.7. The van der Waals surface area contributed by atoms with E-state index < -0.39 is 86.6 Å². The number of ether oxygens (including phenoxy) is 5. The first-order valence-corrected chi connectivity index (χ1v) is 13.5. The average molecular weight is 554 g/mol. The van der Waals surface area contributed by atoms with Crippen molar-refractivity contribution in [3.05, 3.63) is 0 Å². The smallest absolute Gasteiger partial charge is 0.217 e. The van der Waals surface area contributed by atoms with Gasteiger partial charge in [0.2, 0.25) is 5.91 Å². The summed E-state index contributed by atoms with van der Waals surface area (Å²) < 4.78 is 29.3. The van der Waals surface area contributed by atoms with Gasteiger partial charge in [-0.25, -0.2) is 0 Å². The number of aliphatic hydroxyl groups is 6. The highest BCUT2D eigenvalue weighted by atomic mass is 16.7. The van der Waals surface area contributed by atoms with E-state index in [1.807, 2.05) is 0 Å². The van der Waals surface area contributed by atoms with E-state index in [0.29, 0.717) is 6.61 Å². The first-order valence-electron chi connectivity index (χ1n) is 13.5. The second-order valence-corrected chi connectivity index (χ2v) is 10.0. The summed E-state index contributed by atoms with van der Waals surface area (Å²) in [5, 5.41) is 62.7. The molecule has 13 nitrogen and oxygen atoms in total. The second kappa shape index (κ2) is 17.0. The van der Waals surface area contributed by atoms with Crippen molar-refractivity contribution >= 4 is 5.91 Å². The van der Waals surface area contributed by atoms with Crippen LogP contribution in [0.1, 0.15) is 59.3 Å². The maximum absolute atomic E-state index is 12.2. The minimum atomic E-state index is -1.64. The van der Waals surface area contributed by atoms with Crippen molar-refractivity contribution in [1.29, 1.82) is 0 Å². The molecule has 7 N–H and O–H groups in total. The third kappa shape index (κ3) is 9.59. The van der Waals surface area contributed by atoms with Crippen LogP contribution in [0.5, 0.6) is 0 Å².